The number of hydrogen-bond donors (Lipinski definition) is 4. The Morgan fingerprint density at radius 2 is 1.89 bits per heavy atom. The van der Waals surface area contributed by atoms with Gasteiger partial charge in [-0.2, -0.15) is 0 Å². The van der Waals surface area contributed by atoms with Crippen molar-refractivity contribution in [1.82, 2.24) is 0 Å². The summed E-state index contributed by atoms with van der Waals surface area (Å²) >= 11 is 0. The van der Waals surface area contributed by atoms with Crippen LogP contribution in [0.5, 0.6) is 0 Å². The molecule has 4 aliphatic rings. The van der Waals surface area contributed by atoms with Gasteiger partial charge in [-0.25, -0.2) is 4.79 Å². The molecule has 150 valence electrons. The van der Waals surface area contributed by atoms with E-state index in [4.69, 9.17) is 23.7 Å². The predicted octanol–water partition coefficient (Wildman–Crippen LogP) is -2.21. The molecule has 27 heavy (non-hydrogen) atoms. The molecule has 0 aromatic heterocycles. The molecule has 10 heteroatoms. The Hall–Kier alpha value is -1.53. The van der Waals surface area contributed by atoms with Crippen LogP contribution >= 0.6 is 0 Å². The van der Waals surface area contributed by atoms with Crippen LogP contribution < -0.4 is 0 Å². The second kappa shape index (κ2) is 7.13. The Labute approximate surface area is 154 Å². The maximum atomic E-state index is 11.9. The zero-order valence-electron chi connectivity index (χ0n) is 14.5. The summed E-state index contributed by atoms with van der Waals surface area (Å²) in [5, 5.41) is 39.3. The van der Waals surface area contributed by atoms with Crippen LogP contribution in [0.4, 0.5) is 0 Å². The first-order chi connectivity index (χ1) is 13.0. The van der Waals surface area contributed by atoms with Gasteiger partial charge in [-0.05, 0) is 11.6 Å². The highest BCUT2D eigenvalue weighted by Crippen LogP contribution is 2.49. The Kier molecular flexibility index (Phi) is 4.97. The molecule has 0 saturated carbocycles. The molecular weight excluding hydrogens is 364 g/mol. The third-order valence-corrected chi connectivity index (χ3v) is 5.44. The van der Waals surface area contributed by atoms with Crippen molar-refractivity contribution in [3.8, 4) is 0 Å². The van der Waals surface area contributed by atoms with E-state index in [0.29, 0.717) is 5.57 Å². The van der Waals surface area contributed by atoms with Gasteiger partial charge in [-0.3, -0.25) is 0 Å². The minimum Gasteiger partial charge on any atom is -0.471 e. The minimum absolute atomic E-state index is 0.278. The van der Waals surface area contributed by atoms with E-state index in [2.05, 4.69) is 0 Å². The number of ether oxygens (including phenoxy) is 5. The van der Waals surface area contributed by atoms with Crippen molar-refractivity contribution in [2.75, 3.05) is 20.3 Å². The van der Waals surface area contributed by atoms with Gasteiger partial charge < -0.3 is 44.1 Å². The van der Waals surface area contributed by atoms with Gasteiger partial charge in [0, 0.05) is 13.0 Å². The standard InChI is InChI=1S/C17H22O10/c1-23-4-6-2-8-11-7(15(22)25-8)5-24-16(10(6)11)27-17-14(21)13(20)12(19)9(3-18)26-17/h2,5,8-14,16-21H,3-4H2,1H3. The molecule has 9 unspecified atom stereocenters. The quantitative estimate of drug-likeness (QED) is 0.303. The van der Waals surface area contributed by atoms with Gasteiger partial charge in [0.25, 0.3) is 0 Å². The highest BCUT2D eigenvalue weighted by Gasteiger charge is 2.56. The molecule has 3 heterocycles. The molecule has 0 amide bonds. The Morgan fingerprint density at radius 1 is 1.11 bits per heavy atom. The number of esters is 1. The fraction of sp³-hybridized carbons (Fsp3) is 0.706. The van der Waals surface area contributed by atoms with Gasteiger partial charge in [0.15, 0.2) is 6.29 Å². The molecule has 3 aliphatic heterocycles. The highest BCUT2D eigenvalue weighted by atomic mass is 16.8. The number of aliphatic hydroxyl groups is 4. The Morgan fingerprint density at radius 3 is 2.59 bits per heavy atom. The lowest BCUT2D eigenvalue weighted by Crippen LogP contribution is -2.60. The van der Waals surface area contributed by atoms with E-state index in [1.165, 1.54) is 13.4 Å². The third kappa shape index (κ3) is 2.97. The van der Waals surface area contributed by atoms with Crippen molar-refractivity contribution in [1.29, 1.82) is 0 Å². The van der Waals surface area contributed by atoms with Crippen molar-refractivity contribution < 1.29 is 48.9 Å². The van der Waals surface area contributed by atoms with Crippen LogP contribution in [-0.4, -0.2) is 89.8 Å². The van der Waals surface area contributed by atoms with Crippen LogP contribution in [0.25, 0.3) is 0 Å². The van der Waals surface area contributed by atoms with Gasteiger partial charge in [0.2, 0.25) is 6.29 Å². The summed E-state index contributed by atoms with van der Waals surface area (Å²) in [5.74, 6) is -1.16. The molecule has 0 aromatic rings. The van der Waals surface area contributed by atoms with Crippen LogP contribution in [0.1, 0.15) is 0 Å². The predicted molar refractivity (Wildman–Crippen MR) is 84.6 cm³/mol. The number of methoxy groups -OCH3 is 1. The summed E-state index contributed by atoms with van der Waals surface area (Å²) < 4.78 is 27.3. The zero-order valence-corrected chi connectivity index (χ0v) is 14.5. The second-order valence-electron chi connectivity index (χ2n) is 7.01. The molecule has 0 radical (unpaired) electrons. The van der Waals surface area contributed by atoms with E-state index >= 15 is 0 Å². The average Bonchev–Trinajstić information content (AvgIpc) is 3.16. The topological polar surface area (TPSA) is 144 Å². The smallest absolute Gasteiger partial charge is 0.338 e. The van der Waals surface area contributed by atoms with Crippen LogP contribution in [-0.2, 0) is 28.5 Å². The summed E-state index contributed by atoms with van der Waals surface area (Å²) in [4.78, 5) is 11.9. The first-order valence-corrected chi connectivity index (χ1v) is 8.68. The molecule has 1 aliphatic carbocycles. The second-order valence-corrected chi connectivity index (χ2v) is 7.01. The van der Waals surface area contributed by atoms with Gasteiger partial charge in [0.05, 0.1) is 31.0 Å². The number of rotatable bonds is 5. The summed E-state index contributed by atoms with van der Waals surface area (Å²) in [6.07, 6.45) is -5.33. The lowest BCUT2D eigenvalue weighted by molar-refractivity contribution is -0.339. The summed E-state index contributed by atoms with van der Waals surface area (Å²) in [6, 6.07) is 0. The summed E-state index contributed by atoms with van der Waals surface area (Å²) in [6.45, 7) is -0.286. The van der Waals surface area contributed by atoms with Crippen LogP contribution in [0.3, 0.4) is 0 Å². The average molecular weight is 386 g/mol. The van der Waals surface area contributed by atoms with Gasteiger partial charge >= 0.3 is 5.97 Å². The largest absolute Gasteiger partial charge is 0.471 e. The van der Waals surface area contributed by atoms with Crippen molar-refractivity contribution in [2.45, 2.75) is 43.1 Å². The molecule has 10 nitrogen and oxygen atoms in total. The molecule has 2 saturated heterocycles. The Bertz CT molecular complexity index is 658. The van der Waals surface area contributed by atoms with Crippen molar-refractivity contribution >= 4 is 5.97 Å². The van der Waals surface area contributed by atoms with Crippen LogP contribution in [0.2, 0.25) is 0 Å². The zero-order chi connectivity index (χ0) is 19.3. The fourth-order valence-electron chi connectivity index (χ4n) is 4.10. The van der Waals surface area contributed by atoms with E-state index in [-0.39, 0.29) is 12.5 Å². The van der Waals surface area contributed by atoms with Crippen molar-refractivity contribution in [2.24, 2.45) is 11.8 Å². The minimum atomic E-state index is -1.56. The maximum Gasteiger partial charge on any atom is 0.338 e. The number of aliphatic hydroxyl groups excluding tert-OH is 4. The number of hydrogen-bond acceptors (Lipinski definition) is 10. The van der Waals surface area contributed by atoms with Crippen molar-refractivity contribution in [3.63, 3.8) is 0 Å². The summed E-state index contributed by atoms with van der Waals surface area (Å²) in [7, 11) is 1.54. The van der Waals surface area contributed by atoms with Crippen LogP contribution in [0.15, 0.2) is 23.5 Å². The SMILES string of the molecule is COCC1=CC2OC(=O)C3=COC(OC4OC(CO)C(O)C(O)C4O)C1C32. The first kappa shape index (κ1) is 18.8. The molecule has 0 bridgehead atoms. The molecule has 4 rings (SSSR count). The molecule has 0 aromatic carbocycles. The third-order valence-electron chi connectivity index (χ3n) is 5.44. The number of carbonyl (C=O) groups excluding carboxylic acids is 1. The highest BCUT2D eigenvalue weighted by molar-refractivity contribution is 5.92. The Balaban J connectivity index is 1.56. The lowest BCUT2D eigenvalue weighted by atomic mass is 9.84. The van der Waals surface area contributed by atoms with Gasteiger partial charge in [-0.15, -0.1) is 0 Å². The maximum absolute atomic E-state index is 11.9. The fourth-order valence-corrected chi connectivity index (χ4v) is 4.10. The van der Waals surface area contributed by atoms with E-state index < -0.39 is 61.6 Å². The normalized spacial score (nSPS) is 45.7. The van der Waals surface area contributed by atoms with Crippen LogP contribution in [0, 0.1) is 11.8 Å². The molecule has 0 spiro atoms. The molecule has 4 N–H and O–H groups in total. The number of carbonyl (C=O) groups is 1. The van der Waals surface area contributed by atoms with E-state index in [1.807, 2.05) is 0 Å². The molecule has 2 fully saturated rings. The van der Waals surface area contributed by atoms with E-state index in [0.717, 1.165) is 5.57 Å². The lowest BCUT2D eigenvalue weighted by Gasteiger charge is -2.42. The van der Waals surface area contributed by atoms with Gasteiger partial charge in [-0.1, -0.05) is 0 Å². The van der Waals surface area contributed by atoms with E-state index in [1.54, 1.807) is 6.08 Å². The first-order valence-electron chi connectivity index (χ1n) is 8.68. The molecule has 9 atom stereocenters. The summed E-state index contributed by atoms with van der Waals surface area (Å²) in [5.41, 5.74) is 1.22. The molecular formula is C17H22O10. The van der Waals surface area contributed by atoms with E-state index in [9.17, 15) is 25.2 Å². The van der Waals surface area contributed by atoms with Gasteiger partial charge in [0.1, 0.15) is 30.5 Å². The van der Waals surface area contributed by atoms with Crippen molar-refractivity contribution in [3.05, 3.63) is 23.5 Å². The monoisotopic (exact) mass is 386 g/mol.